The molecule has 2 aromatic heterocycles. The van der Waals surface area contributed by atoms with Gasteiger partial charge in [0, 0.05) is 44.2 Å². The number of nitrogens with zero attached hydrogens (tertiary/aromatic N) is 5. The summed E-state index contributed by atoms with van der Waals surface area (Å²) in [4.78, 5) is 32.6. The number of amides is 2. The molecule has 2 N–H and O–H groups in total. The molecule has 6 rings (SSSR count). The van der Waals surface area contributed by atoms with Gasteiger partial charge in [-0.1, -0.05) is 12.6 Å². The number of halogens is 3. The van der Waals surface area contributed by atoms with E-state index in [1.165, 1.54) is 11.0 Å². The maximum Gasteiger partial charge on any atom is 0.437 e. The third kappa shape index (κ3) is 4.37. The summed E-state index contributed by atoms with van der Waals surface area (Å²) in [5, 5.41) is 25.7. The van der Waals surface area contributed by atoms with Crippen molar-refractivity contribution in [3.05, 3.63) is 76.9 Å². The van der Waals surface area contributed by atoms with E-state index >= 15 is 0 Å². The number of benzene rings is 1. The normalized spacial score (nSPS) is 18.7. The monoisotopic (exact) mass is 553 g/mol. The molecule has 1 aliphatic carbocycles. The second-order valence-electron chi connectivity index (χ2n) is 10.3. The maximum absolute atomic E-state index is 13.6. The Hall–Kier alpha value is -4.35. The SMILES string of the molecule is C=CC(=O)N1CCc2nn(-c3ccc(C4CC4)cc3O)c3c2C(C1)N(C(=O)c1cnc(C(F)(F)F)c(O)c1)CC3. The molecule has 1 atom stereocenters. The average Bonchev–Trinajstić information content (AvgIpc) is 3.73. The van der Waals surface area contributed by atoms with E-state index in [2.05, 4.69) is 11.6 Å². The van der Waals surface area contributed by atoms with Gasteiger partial charge < -0.3 is 20.0 Å². The Labute approximate surface area is 227 Å². The van der Waals surface area contributed by atoms with Gasteiger partial charge in [-0.2, -0.15) is 18.3 Å². The second-order valence-corrected chi connectivity index (χ2v) is 10.3. The zero-order valence-electron chi connectivity index (χ0n) is 21.4. The predicted molar refractivity (Wildman–Crippen MR) is 136 cm³/mol. The van der Waals surface area contributed by atoms with Crippen LogP contribution in [0.2, 0.25) is 0 Å². The molecule has 1 aromatic carbocycles. The van der Waals surface area contributed by atoms with Crippen LogP contribution in [0.4, 0.5) is 13.2 Å². The molecule has 0 saturated heterocycles. The molecule has 208 valence electrons. The van der Waals surface area contributed by atoms with Gasteiger partial charge in [-0.25, -0.2) is 9.67 Å². The maximum atomic E-state index is 13.6. The van der Waals surface area contributed by atoms with E-state index in [1.54, 1.807) is 15.6 Å². The molecule has 2 aliphatic heterocycles. The minimum Gasteiger partial charge on any atom is -0.506 e. The quantitative estimate of drug-likeness (QED) is 0.475. The lowest BCUT2D eigenvalue weighted by molar-refractivity contribution is -0.142. The molecule has 12 heteroatoms. The van der Waals surface area contributed by atoms with E-state index in [1.807, 2.05) is 12.1 Å². The van der Waals surface area contributed by atoms with Gasteiger partial charge in [0.25, 0.3) is 5.91 Å². The summed E-state index contributed by atoms with van der Waals surface area (Å²) >= 11 is 0. The molecule has 0 spiro atoms. The van der Waals surface area contributed by atoms with Gasteiger partial charge in [-0.05, 0) is 48.6 Å². The molecule has 0 radical (unpaired) electrons. The standard InChI is InChI=1S/C28H26F3N5O4/c1-2-24(39)34-9-7-18-25-20(36(33-18)19-6-5-16(11-22(19)37)15-3-4-15)8-10-35(21(25)14-34)27(40)17-12-23(38)26(32-13-17)28(29,30)31/h2,5-6,11-13,15,21,37-38H,1,3-4,7-10,14H2. The summed E-state index contributed by atoms with van der Waals surface area (Å²) < 4.78 is 41.0. The summed E-state index contributed by atoms with van der Waals surface area (Å²) in [6.07, 6.45) is 0.0607. The fourth-order valence-corrected chi connectivity index (χ4v) is 5.71. The van der Waals surface area contributed by atoms with Gasteiger partial charge in [-0.3, -0.25) is 9.59 Å². The van der Waals surface area contributed by atoms with Crippen LogP contribution in [0.25, 0.3) is 5.69 Å². The highest BCUT2D eigenvalue weighted by atomic mass is 19.4. The molecule has 3 aliphatic rings. The number of rotatable bonds is 4. The number of phenolic OH excluding ortho intramolecular Hbond substituents is 1. The van der Waals surface area contributed by atoms with Crippen LogP contribution in [0.3, 0.4) is 0 Å². The smallest absolute Gasteiger partial charge is 0.437 e. The molecule has 4 heterocycles. The van der Waals surface area contributed by atoms with E-state index in [0.717, 1.165) is 41.9 Å². The zero-order valence-corrected chi connectivity index (χ0v) is 21.4. The minimum absolute atomic E-state index is 0.100. The van der Waals surface area contributed by atoms with Gasteiger partial charge in [-0.15, -0.1) is 0 Å². The summed E-state index contributed by atoms with van der Waals surface area (Å²) in [5.41, 5.74) is 2.11. The summed E-state index contributed by atoms with van der Waals surface area (Å²) in [6.45, 7) is 4.17. The lowest BCUT2D eigenvalue weighted by Crippen LogP contribution is -2.45. The molecule has 1 fully saturated rings. The van der Waals surface area contributed by atoms with E-state index in [9.17, 15) is 33.0 Å². The molecular weight excluding hydrogens is 527 g/mol. The number of pyridine rings is 1. The van der Waals surface area contributed by atoms with Crippen molar-refractivity contribution < 1.29 is 33.0 Å². The number of aromatic nitrogens is 3. The first-order valence-electron chi connectivity index (χ1n) is 13.0. The van der Waals surface area contributed by atoms with E-state index in [-0.39, 0.29) is 30.3 Å². The van der Waals surface area contributed by atoms with Crippen LogP contribution in [0.5, 0.6) is 11.5 Å². The van der Waals surface area contributed by atoms with Crippen molar-refractivity contribution in [3.63, 3.8) is 0 Å². The van der Waals surface area contributed by atoms with Crippen LogP contribution in [0.1, 0.15) is 63.4 Å². The van der Waals surface area contributed by atoms with Crippen LogP contribution in [0, 0.1) is 0 Å². The number of hydrogen-bond acceptors (Lipinski definition) is 6. The van der Waals surface area contributed by atoms with Gasteiger partial charge in [0.1, 0.15) is 17.2 Å². The van der Waals surface area contributed by atoms with Crippen molar-refractivity contribution in [1.82, 2.24) is 24.6 Å². The Kier molecular flexibility index (Phi) is 6.08. The lowest BCUT2D eigenvalue weighted by Gasteiger charge is -2.37. The molecular formula is C28H26F3N5O4. The van der Waals surface area contributed by atoms with Crippen LogP contribution in [-0.2, 0) is 23.8 Å². The van der Waals surface area contributed by atoms with Crippen LogP contribution < -0.4 is 0 Å². The van der Waals surface area contributed by atoms with E-state index in [0.29, 0.717) is 36.7 Å². The molecule has 0 bridgehead atoms. The Bertz CT molecular complexity index is 1550. The van der Waals surface area contributed by atoms with Crippen molar-refractivity contribution in [2.45, 2.75) is 43.8 Å². The average molecular weight is 554 g/mol. The fourth-order valence-electron chi connectivity index (χ4n) is 5.71. The highest BCUT2D eigenvalue weighted by molar-refractivity contribution is 5.95. The number of carbonyl (C=O) groups excluding carboxylic acids is 2. The third-order valence-electron chi connectivity index (χ3n) is 7.82. The Morgan fingerprint density at radius 1 is 1.07 bits per heavy atom. The van der Waals surface area contributed by atoms with E-state index < -0.39 is 29.6 Å². The highest BCUT2D eigenvalue weighted by Gasteiger charge is 2.41. The van der Waals surface area contributed by atoms with Crippen molar-refractivity contribution in [1.29, 1.82) is 0 Å². The first-order valence-corrected chi connectivity index (χ1v) is 13.0. The van der Waals surface area contributed by atoms with Crippen molar-refractivity contribution in [2.75, 3.05) is 19.6 Å². The number of alkyl halides is 3. The molecule has 1 unspecified atom stereocenters. The first-order chi connectivity index (χ1) is 19.1. The number of aromatic hydroxyl groups is 2. The topological polar surface area (TPSA) is 112 Å². The molecule has 40 heavy (non-hydrogen) atoms. The first kappa shape index (κ1) is 25.9. The van der Waals surface area contributed by atoms with Gasteiger partial charge in [0.2, 0.25) is 5.91 Å². The van der Waals surface area contributed by atoms with Crippen LogP contribution >= 0.6 is 0 Å². The van der Waals surface area contributed by atoms with Crippen molar-refractivity contribution in [3.8, 4) is 17.2 Å². The fraction of sp³-hybridized carbons (Fsp3) is 0.357. The molecule has 3 aromatic rings. The zero-order chi connectivity index (χ0) is 28.3. The largest absolute Gasteiger partial charge is 0.506 e. The van der Waals surface area contributed by atoms with Crippen molar-refractivity contribution >= 4 is 11.8 Å². The lowest BCUT2D eigenvalue weighted by atomic mass is 9.94. The summed E-state index contributed by atoms with van der Waals surface area (Å²) in [7, 11) is 0. The molecule has 1 saturated carbocycles. The Balaban J connectivity index is 1.40. The van der Waals surface area contributed by atoms with Gasteiger partial charge in [0.15, 0.2) is 5.69 Å². The minimum atomic E-state index is -4.87. The highest BCUT2D eigenvalue weighted by Crippen LogP contribution is 2.43. The van der Waals surface area contributed by atoms with Gasteiger partial charge >= 0.3 is 6.18 Å². The molecule has 2 amide bonds. The summed E-state index contributed by atoms with van der Waals surface area (Å²) in [5.74, 6) is -1.53. The third-order valence-corrected chi connectivity index (χ3v) is 7.82. The van der Waals surface area contributed by atoms with Gasteiger partial charge in [0.05, 0.1) is 23.0 Å². The Morgan fingerprint density at radius 2 is 1.85 bits per heavy atom. The second kappa shape index (κ2) is 9.39. The molecule has 9 nitrogen and oxygen atoms in total. The van der Waals surface area contributed by atoms with Crippen molar-refractivity contribution in [2.24, 2.45) is 0 Å². The van der Waals surface area contributed by atoms with E-state index in [4.69, 9.17) is 5.10 Å². The summed E-state index contributed by atoms with van der Waals surface area (Å²) in [6, 6.07) is 5.68. The number of phenols is 1. The number of carbonyl (C=O) groups is 2. The van der Waals surface area contributed by atoms with Crippen LogP contribution in [-0.4, -0.2) is 66.2 Å². The predicted octanol–water partition coefficient (Wildman–Crippen LogP) is 3.89. The van der Waals surface area contributed by atoms with Crippen LogP contribution in [0.15, 0.2) is 43.1 Å². The Morgan fingerprint density at radius 3 is 2.50 bits per heavy atom. The number of hydrogen-bond donors (Lipinski definition) is 2.